The number of aryl methyl sites for hydroxylation is 1. The van der Waals surface area contributed by atoms with Gasteiger partial charge in [-0.15, -0.1) is 0 Å². The third-order valence-electron chi connectivity index (χ3n) is 5.40. The first-order chi connectivity index (χ1) is 14.4. The van der Waals surface area contributed by atoms with E-state index in [-0.39, 0.29) is 0 Å². The Morgan fingerprint density at radius 3 is 1.62 bits per heavy atom. The van der Waals surface area contributed by atoms with Crippen LogP contribution in [0, 0.1) is 0 Å². The van der Waals surface area contributed by atoms with Gasteiger partial charge in [-0.1, -0.05) is 91.0 Å². The lowest BCUT2D eigenvalue weighted by Gasteiger charge is -2.18. The van der Waals surface area contributed by atoms with Gasteiger partial charge in [0, 0.05) is 19.0 Å². The predicted molar refractivity (Wildman–Crippen MR) is 124 cm³/mol. The van der Waals surface area contributed by atoms with Crippen molar-refractivity contribution < 1.29 is 0 Å². The molecule has 0 unspecified atom stereocenters. The van der Waals surface area contributed by atoms with Crippen LogP contribution in [0.3, 0.4) is 0 Å². The molecule has 0 saturated carbocycles. The first kappa shape index (κ1) is 21.3. The van der Waals surface area contributed by atoms with Gasteiger partial charge in [-0.2, -0.15) is 0 Å². The molecule has 0 heterocycles. The van der Waals surface area contributed by atoms with Gasteiger partial charge in [-0.25, -0.2) is 0 Å². The smallest absolute Gasteiger partial charge is 0.0101 e. The van der Waals surface area contributed by atoms with Gasteiger partial charge in [0.05, 0.1) is 0 Å². The normalized spacial score (nSPS) is 11.1. The fourth-order valence-electron chi connectivity index (χ4n) is 3.79. The zero-order chi connectivity index (χ0) is 20.0. The molecule has 0 aliphatic heterocycles. The first-order valence-electron chi connectivity index (χ1n) is 11.0. The molecule has 2 nitrogen and oxygen atoms in total. The van der Waals surface area contributed by atoms with Gasteiger partial charge in [-0.3, -0.25) is 0 Å². The van der Waals surface area contributed by atoms with Gasteiger partial charge in [0.15, 0.2) is 0 Å². The van der Waals surface area contributed by atoms with E-state index >= 15 is 0 Å². The highest BCUT2D eigenvalue weighted by molar-refractivity contribution is 5.32. The molecule has 3 aromatic carbocycles. The van der Waals surface area contributed by atoms with Crippen molar-refractivity contribution >= 4 is 0 Å². The summed E-state index contributed by atoms with van der Waals surface area (Å²) < 4.78 is 0. The number of rotatable bonds is 13. The van der Waals surface area contributed by atoms with Gasteiger partial charge in [0.1, 0.15) is 0 Å². The van der Waals surface area contributed by atoms with Crippen LogP contribution in [0.4, 0.5) is 0 Å². The van der Waals surface area contributed by atoms with Crippen molar-refractivity contribution in [2.75, 3.05) is 26.2 Å². The summed E-state index contributed by atoms with van der Waals surface area (Å²) in [5.41, 5.74) is 4.25. The van der Waals surface area contributed by atoms with Crippen LogP contribution in [0.25, 0.3) is 0 Å². The van der Waals surface area contributed by atoms with Crippen LogP contribution in [0.5, 0.6) is 0 Å². The van der Waals surface area contributed by atoms with E-state index in [1.54, 1.807) is 0 Å². The van der Waals surface area contributed by atoms with Crippen molar-refractivity contribution in [3.8, 4) is 0 Å². The summed E-state index contributed by atoms with van der Waals surface area (Å²) in [4.78, 5) is 0. The monoisotopic (exact) mass is 386 g/mol. The molecule has 0 aliphatic carbocycles. The molecule has 0 spiro atoms. The average molecular weight is 387 g/mol. The van der Waals surface area contributed by atoms with Crippen molar-refractivity contribution in [3.05, 3.63) is 108 Å². The van der Waals surface area contributed by atoms with E-state index in [0.29, 0.717) is 5.92 Å². The molecule has 0 fully saturated rings. The largest absolute Gasteiger partial charge is 0.315 e. The van der Waals surface area contributed by atoms with Gasteiger partial charge in [-0.05, 0) is 55.5 Å². The molecule has 0 saturated heterocycles. The molecule has 0 atom stereocenters. The second-order valence-corrected chi connectivity index (χ2v) is 7.61. The average Bonchev–Trinajstić information content (AvgIpc) is 2.79. The minimum absolute atomic E-state index is 0.454. The number of benzene rings is 3. The van der Waals surface area contributed by atoms with E-state index in [1.807, 2.05) is 0 Å². The standard InChI is InChI=1S/C27H34N2/c1-4-12-24(13-5-1)14-10-11-20-28-22-23-29-21-19-27(25-15-6-2-7-16-25)26-17-8-3-9-18-26/h1-9,12-13,15-18,27-29H,10-11,14,19-23H2. The zero-order valence-electron chi connectivity index (χ0n) is 17.4. The van der Waals surface area contributed by atoms with Gasteiger partial charge in [0.2, 0.25) is 0 Å². The van der Waals surface area contributed by atoms with E-state index in [2.05, 4.69) is 102 Å². The number of nitrogens with one attached hydrogen (secondary N) is 2. The molecular weight excluding hydrogens is 352 g/mol. The Morgan fingerprint density at radius 2 is 1.03 bits per heavy atom. The fourth-order valence-corrected chi connectivity index (χ4v) is 3.79. The second-order valence-electron chi connectivity index (χ2n) is 7.61. The molecule has 0 radical (unpaired) electrons. The van der Waals surface area contributed by atoms with Crippen LogP contribution >= 0.6 is 0 Å². The van der Waals surface area contributed by atoms with Crippen molar-refractivity contribution in [2.45, 2.75) is 31.6 Å². The van der Waals surface area contributed by atoms with Gasteiger partial charge < -0.3 is 10.6 Å². The van der Waals surface area contributed by atoms with E-state index in [1.165, 1.54) is 36.0 Å². The first-order valence-corrected chi connectivity index (χ1v) is 11.0. The van der Waals surface area contributed by atoms with Gasteiger partial charge >= 0.3 is 0 Å². The fraction of sp³-hybridized carbons (Fsp3) is 0.333. The summed E-state index contributed by atoms with van der Waals surface area (Å²) in [6.07, 6.45) is 4.78. The summed E-state index contributed by atoms with van der Waals surface area (Å²) in [7, 11) is 0. The van der Waals surface area contributed by atoms with E-state index in [9.17, 15) is 0 Å². The Kier molecular flexibility index (Phi) is 9.49. The van der Waals surface area contributed by atoms with Crippen LogP contribution in [0.15, 0.2) is 91.0 Å². The number of hydrogen-bond donors (Lipinski definition) is 2. The SMILES string of the molecule is c1ccc(CCCCNCCNCCC(c2ccccc2)c2ccccc2)cc1. The Labute approximate surface area is 176 Å². The number of hydrogen-bond acceptors (Lipinski definition) is 2. The van der Waals surface area contributed by atoms with Crippen molar-refractivity contribution in [2.24, 2.45) is 0 Å². The molecule has 152 valence electrons. The van der Waals surface area contributed by atoms with Crippen molar-refractivity contribution in [1.82, 2.24) is 10.6 Å². The lowest BCUT2D eigenvalue weighted by Crippen LogP contribution is -2.29. The van der Waals surface area contributed by atoms with Crippen LogP contribution in [0.2, 0.25) is 0 Å². The molecule has 0 amide bonds. The van der Waals surface area contributed by atoms with E-state index in [4.69, 9.17) is 0 Å². The Morgan fingerprint density at radius 1 is 0.517 bits per heavy atom. The van der Waals surface area contributed by atoms with Crippen LogP contribution in [0.1, 0.15) is 41.9 Å². The van der Waals surface area contributed by atoms with Crippen LogP contribution in [-0.4, -0.2) is 26.2 Å². The minimum atomic E-state index is 0.454. The summed E-state index contributed by atoms with van der Waals surface area (Å²) >= 11 is 0. The molecule has 2 N–H and O–H groups in total. The summed E-state index contributed by atoms with van der Waals surface area (Å²) in [5.74, 6) is 0.454. The Bertz CT molecular complexity index is 732. The molecule has 3 aromatic rings. The minimum Gasteiger partial charge on any atom is -0.315 e. The lowest BCUT2D eigenvalue weighted by molar-refractivity contribution is 0.565. The second kappa shape index (κ2) is 12.9. The molecule has 0 bridgehead atoms. The third-order valence-corrected chi connectivity index (χ3v) is 5.40. The third kappa shape index (κ3) is 7.84. The van der Waals surface area contributed by atoms with E-state index in [0.717, 1.165) is 32.6 Å². The molecule has 3 rings (SSSR count). The van der Waals surface area contributed by atoms with Crippen LogP contribution in [-0.2, 0) is 6.42 Å². The van der Waals surface area contributed by atoms with Crippen molar-refractivity contribution in [1.29, 1.82) is 0 Å². The Hall–Kier alpha value is -2.42. The summed E-state index contributed by atoms with van der Waals surface area (Å²) in [5, 5.41) is 7.17. The maximum Gasteiger partial charge on any atom is 0.0101 e. The molecule has 0 aliphatic rings. The summed E-state index contributed by atoms with van der Waals surface area (Å²) in [6.45, 7) is 4.19. The molecule has 0 aromatic heterocycles. The summed E-state index contributed by atoms with van der Waals surface area (Å²) in [6, 6.07) is 32.5. The van der Waals surface area contributed by atoms with Crippen molar-refractivity contribution in [3.63, 3.8) is 0 Å². The van der Waals surface area contributed by atoms with Crippen LogP contribution < -0.4 is 10.6 Å². The van der Waals surface area contributed by atoms with Gasteiger partial charge in [0.25, 0.3) is 0 Å². The highest BCUT2D eigenvalue weighted by atomic mass is 14.9. The maximum absolute atomic E-state index is 3.61. The highest BCUT2D eigenvalue weighted by Crippen LogP contribution is 2.27. The van der Waals surface area contributed by atoms with E-state index < -0.39 is 0 Å². The molecular formula is C27H34N2. The molecule has 2 heteroatoms. The highest BCUT2D eigenvalue weighted by Gasteiger charge is 2.12. The molecule has 29 heavy (non-hydrogen) atoms. The maximum atomic E-state index is 3.61. The zero-order valence-corrected chi connectivity index (χ0v) is 17.4. The topological polar surface area (TPSA) is 24.1 Å². The number of unbranched alkanes of at least 4 members (excludes halogenated alkanes) is 1. The Balaban J connectivity index is 1.28. The lowest BCUT2D eigenvalue weighted by atomic mass is 9.88. The predicted octanol–water partition coefficient (Wildman–Crippen LogP) is 5.41. The quantitative estimate of drug-likeness (QED) is 0.384.